The van der Waals surface area contributed by atoms with E-state index in [2.05, 4.69) is 5.10 Å². The molecular formula is C15H18N2O4. The second-order valence-electron chi connectivity index (χ2n) is 4.96. The molecule has 1 heterocycles. The van der Waals surface area contributed by atoms with E-state index in [1.165, 1.54) is 5.01 Å². The van der Waals surface area contributed by atoms with Crippen LogP contribution in [0.3, 0.4) is 0 Å². The summed E-state index contributed by atoms with van der Waals surface area (Å²) in [5.41, 5.74) is 2.74. The summed E-state index contributed by atoms with van der Waals surface area (Å²) in [7, 11) is 0. The lowest BCUT2D eigenvalue weighted by atomic mass is 10.1. The third-order valence-electron chi connectivity index (χ3n) is 3.32. The van der Waals surface area contributed by atoms with E-state index in [4.69, 9.17) is 4.74 Å². The standard InChI is InChI=1S/C15H18N2O4/c1-4-21-15(20)11-8-13(14(18)19)17(16-11)12-7-9(2)5-6-10(12)3/h5-7,13H,4,8H2,1-3H3,(H,18,19). The highest BCUT2D eigenvalue weighted by atomic mass is 16.5. The molecule has 1 aromatic carbocycles. The Bertz CT molecular complexity index is 610. The number of carboxylic acids is 1. The van der Waals surface area contributed by atoms with Gasteiger partial charge < -0.3 is 9.84 Å². The third-order valence-corrected chi connectivity index (χ3v) is 3.32. The molecule has 0 aromatic heterocycles. The number of ether oxygens (including phenoxy) is 1. The molecule has 1 atom stereocenters. The normalized spacial score (nSPS) is 17.6. The maximum absolute atomic E-state index is 11.8. The minimum atomic E-state index is -1.01. The van der Waals surface area contributed by atoms with Crippen molar-refractivity contribution in [3.05, 3.63) is 29.3 Å². The Morgan fingerprint density at radius 2 is 2.14 bits per heavy atom. The van der Waals surface area contributed by atoms with Crippen LogP contribution in [0.1, 0.15) is 24.5 Å². The first kappa shape index (κ1) is 15.0. The van der Waals surface area contributed by atoms with Crippen molar-refractivity contribution in [2.24, 2.45) is 5.10 Å². The highest BCUT2D eigenvalue weighted by Gasteiger charge is 2.37. The summed E-state index contributed by atoms with van der Waals surface area (Å²) < 4.78 is 4.90. The Balaban J connectivity index is 2.40. The summed E-state index contributed by atoms with van der Waals surface area (Å²) in [6.07, 6.45) is 0.0432. The zero-order valence-electron chi connectivity index (χ0n) is 12.3. The fraction of sp³-hybridized carbons (Fsp3) is 0.400. The van der Waals surface area contributed by atoms with Crippen LogP contribution in [0.4, 0.5) is 5.69 Å². The molecule has 112 valence electrons. The van der Waals surface area contributed by atoms with Crippen molar-refractivity contribution in [3.8, 4) is 0 Å². The van der Waals surface area contributed by atoms with Gasteiger partial charge in [0.25, 0.3) is 0 Å². The van der Waals surface area contributed by atoms with Gasteiger partial charge in [-0.25, -0.2) is 9.59 Å². The monoisotopic (exact) mass is 290 g/mol. The number of carbonyl (C=O) groups is 2. The van der Waals surface area contributed by atoms with Crippen LogP contribution in [-0.4, -0.2) is 35.4 Å². The average molecular weight is 290 g/mol. The highest BCUT2D eigenvalue weighted by Crippen LogP contribution is 2.29. The van der Waals surface area contributed by atoms with Gasteiger partial charge in [-0.05, 0) is 38.0 Å². The number of carbonyl (C=O) groups excluding carboxylic acids is 1. The summed E-state index contributed by atoms with van der Waals surface area (Å²) in [4.78, 5) is 23.2. The molecule has 2 rings (SSSR count). The number of benzene rings is 1. The molecule has 0 amide bonds. The van der Waals surface area contributed by atoms with Gasteiger partial charge in [-0.1, -0.05) is 12.1 Å². The van der Waals surface area contributed by atoms with Crippen LogP contribution >= 0.6 is 0 Å². The van der Waals surface area contributed by atoms with Crippen molar-refractivity contribution in [1.29, 1.82) is 0 Å². The highest BCUT2D eigenvalue weighted by molar-refractivity contribution is 6.38. The fourth-order valence-electron chi connectivity index (χ4n) is 2.23. The van der Waals surface area contributed by atoms with Crippen LogP contribution in [0.25, 0.3) is 0 Å². The molecule has 1 aromatic rings. The SMILES string of the molecule is CCOC(=O)C1=NN(c2cc(C)ccc2C)C(C(=O)O)C1. The number of anilines is 1. The maximum Gasteiger partial charge on any atom is 0.354 e. The number of aryl methyl sites for hydroxylation is 2. The molecule has 1 unspecified atom stereocenters. The van der Waals surface area contributed by atoms with Gasteiger partial charge in [-0.15, -0.1) is 0 Å². The average Bonchev–Trinajstić information content (AvgIpc) is 2.87. The summed E-state index contributed by atoms with van der Waals surface area (Å²) >= 11 is 0. The van der Waals surface area contributed by atoms with E-state index in [0.717, 1.165) is 11.1 Å². The summed E-state index contributed by atoms with van der Waals surface area (Å²) in [5.74, 6) is -1.57. The topological polar surface area (TPSA) is 79.2 Å². The van der Waals surface area contributed by atoms with Gasteiger partial charge in [-0.2, -0.15) is 5.10 Å². The molecule has 0 spiro atoms. The van der Waals surface area contributed by atoms with Crippen molar-refractivity contribution in [1.82, 2.24) is 0 Å². The lowest BCUT2D eigenvalue weighted by Crippen LogP contribution is -2.34. The number of aliphatic carboxylic acids is 1. The van der Waals surface area contributed by atoms with Crippen LogP contribution in [0.15, 0.2) is 23.3 Å². The fourth-order valence-corrected chi connectivity index (χ4v) is 2.23. The van der Waals surface area contributed by atoms with Crippen molar-refractivity contribution in [2.45, 2.75) is 33.2 Å². The molecule has 0 fully saturated rings. The predicted molar refractivity (Wildman–Crippen MR) is 78.5 cm³/mol. The number of hydrogen-bond acceptors (Lipinski definition) is 5. The first-order chi connectivity index (χ1) is 9.93. The second kappa shape index (κ2) is 5.95. The number of esters is 1. The summed E-state index contributed by atoms with van der Waals surface area (Å²) in [6.45, 7) is 5.74. The molecule has 21 heavy (non-hydrogen) atoms. The number of rotatable bonds is 4. The van der Waals surface area contributed by atoms with Gasteiger partial charge in [-0.3, -0.25) is 5.01 Å². The van der Waals surface area contributed by atoms with Gasteiger partial charge in [0, 0.05) is 6.42 Å². The molecule has 6 nitrogen and oxygen atoms in total. The zero-order valence-corrected chi connectivity index (χ0v) is 12.3. The first-order valence-corrected chi connectivity index (χ1v) is 6.78. The molecule has 1 aliphatic rings. The van der Waals surface area contributed by atoms with Gasteiger partial charge in [0.05, 0.1) is 12.3 Å². The summed E-state index contributed by atoms with van der Waals surface area (Å²) in [5, 5.41) is 14.9. The third kappa shape index (κ3) is 3.04. The zero-order chi connectivity index (χ0) is 15.6. The van der Waals surface area contributed by atoms with Crippen molar-refractivity contribution in [2.75, 3.05) is 11.6 Å². The smallest absolute Gasteiger partial charge is 0.354 e. The Kier molecular flexibility index (Phi) is 4.26. The summed E-state index contributed by atoms with van der Waals surface area (Å²) in [6, 6.07) is 4.83. The van der Waals surface area contributed by atoms with E-state index < -0.39 is 18.0 Å². The second-order valence-corrected chi connectivity index (χ2v) is 4.96. The molecule has 0 saturated carbocycles. The predicted octanol–water partition coefficient (Wildman–Crippen LogP) is 1.89. The lowest BCUT2D eigenvalue weighted by molar-refractivity contribution is -0.138. The van der Waals surface area contributed by atoms with Gasteiger partial charge in [0.15, 0.2) is 6.04 Å². The molecule has 0 aliphatic carbocycles. The van der Waals surface area contributed by atoms with E-state index >= 15 is 0 Å². The van der Waals surface area contributed by atoms with Crippen molar-refractivity contribution < 1.29 is 19.4 Å². The number of hydrazone groups is 1. The maximum atomic E-state index is 11.8. The molecular weight excluding hydrogens is 272 g/mol. The Morgan fingerprint density at radius 1 is 1.43 bits per heavy atom. The first-order valence-electron chi connectivity index (χ1n) is 6.78. The molecule has 1 N–H and O–H groups in total. The van der Waals surface area contributed by atoms with Crippen LogP contribution in [0.2, 0.25) is 0 Å². The molecule has 6 heteroatoms. The van der Waals surface area contributed by atoms with Crippen LogP contribution in [0.5, 0.6) is 0 Å². The van der Waals surface area contributed by atoms with E-state index in [-0.39, 0.29) is 18.7 Å². The number of nitrogens with zero attached hydrogens (tertiary/aromatic N) is 2. The van der Waals surface area contributed by atoms with Crippen molar-refractivity contribution in [3.63, 3.8) is 0 Å². The minimum Gasteiger partial charge on any atom is -0.480 e. The van der Waals surface area contributed by atoms with Gasteiger partial charge >= 0.3 is 11.9 Å². The lowest BCUT2D eigenvalue weighted by Gasteiger charge is -2.22. The number of hydrogen-bond donors (Lipinski definition) is 1. The minimum absolute atomic E-state index is 0.0432. The van der Waals surface area contributed by atoms with Crippen LogP contribution in [0, 0.1) is 13.8 Å². The Hall–Kier alpha value is -2.37. The van der Waals surface area contributed by atoms with Crippen LogP contribution in [-0.2, 0) is 14.3 Å². The number of carboxylic acid groups (broad SMARTS) is 1. The van der Waals surface area contributed by atoms with Crippen LogP contribution < -0.4 is 5.01 Å². The van der Waals surface area contributed by atoms with E-state index in [9.17, 15) is 14.7 Å². The molecule has 0 bridgehead atoms. The van der Waals surface area contributed by atoms with E-state index in [1.54, 1.807) is 6.92 Å². The largest absolute Gasteiger partial charge is 0.480 e. The Morgan fingerprint density at radius 3 is 2.76 bits per heavy atom. The molecule has 0 radical (unpaired) electrons. The van der Waals surface area contributed by atoms with E-state index in [0.29, 0.717) is 5.69 Å². The quantitative estimate of drug-likeness (QED) is 0.857. The van der Waals surface area contributed by atoms with Gasteiger partial charge in [0.2, 0.25) is 0 Å². The van der Waals surface area contributed by atoms with Crippen molar-refractivity contribution >= 4 is 23.3 Å². The van der Waals surface area contributed by atoms with Gasteiger partial charge in [0.1, 0.15) is 5.71 Å². The van der Waals surface area contributed by atoms with E-state index in [1.807, 2.05) is 32.0 Å². The Labute approximate surface area is 123 Å². The molecule has 0 saturated heterocycles. The molecule has 1 aliphatic heterocycles.